The molecule has 0 bridgehead atoms. The first kappa shape index (κ1) is 30.3. The van der Waals surface area contributed by atoms with Gasteiger partial charge in [0.2, 0.25) is 0 Å². The fraction of sp³-hybridized carbons (Fsp3) is 0.280. The number of nitrogens with zero attached hydrogens (tertiary/aromatic N) is 2. The molecular formula is C25H22F6N4O5. The fourth-order valence-electron chi connectivity index (χ4n) is 3.55. The maximum Gasteiger partial charge on any atom is 0.493 e. The Bertz CT molecular complexity index is 1440. The van der Waals surface area contributed by atoms with Crippen molar-refractivity contribution in [2.75, 3.05) is 5.73 Å². The summed E-state index contributed by atoms with van der Waals surface area (Å²) in [7, 11) is 0. The lowest BCUT2D eigenvalue weighted by Crippen LogP contribution is -2.55. The number of nitrogens with two attached hydrogens (primary N) is 1. The molecule has 40 heavy (non-hydrogen) atoms. The number of halogens is 6. The molecule has 0 spiro atoms. The first-order valence-electron chi connectivity index (χ1n) is 11.2. The van der Waals surface area contributed by atoms with Crippen molar-refractivity contribution in [2.45, 2.75) is 44.3 Å². The summed E-state index contributed by atoms with van der Waals surface area (Å²) in [5.41, 5.74) is 1.41. The molecule has 5 N–H and O–H groups in total. The summed E-state index contributed by atoms with van der Waals surface area (Å²) >= 11 is 0. The van der Waals surface area contributed by atoms with E-state index in [1.807, 2.05) is 0 Å². The van der Waals surface area contributed by atoms with Gasteiger partial charge in [-0.2, -0.15) is 31.8 Å². The number of nitrogen functional groups attached to an aromatic ring is 1. The molecule has 9 nitrogen and oxygen atoms in total. The number of aromatic nitrogens is 2. The van der Waals surface area contributed by atoms with Gasteiger partial charge in [-0.05, 0) is 38.0 Å². The Hall–Kier alpha value is -4.24. The van der Waals surface area contributed by atoms with Gasteiger partial charge >= 0.3 is 18.3 Å². The zero-order chi connectivity index (χ0) is 30.3. The van der Waals surface area contributed by atoms with Crippen LogP contribution in [-0.4, -0.2) is 44.4 Å². The number of hydrogen-bond donors (Lipinski definition) is 4. The van der Waals surface area contributed by atoms with E-state index < -0.39 is 41.0 Å². The number of carbonyl (C=O) groups excluding carboxylic acids is 2. The molecule has 0 aliphatic carbocycles. The van der Waals surface area contributed by atoms with Gasteiger partial charge in [0.1, 0.15) is 11.5 Å². The van der Waals surface area contributed by atoms with Crippen LogP contribution in [0.5, 0.6) is 0 Å². The quantitative estimate of drug-likeness (QED) is 0.267. The third kappa shape index (κ3) is 5.99. The molecule has 1 heterocycles. The molecule has 1 aromatic heterocycles. The van der Waals surface area contributed by atoms with Gasteiger partial charge in [0.15, 0.2) is 0 Å². The minimum atomic E-state index is -5.77. The van der Waals surface area contributed by atoms with Crippen LogP contribution in [0.2, 0.25) is 0 Å². The highest BCUT2D eigenvalue weighted by atomic mass is 19.4. The average Bonchev–Trinajstić information content (AvgIpc) is 2.85. The first-order chi connectivity index (χ1) is 18.3. The SMILES string of the molecule is Cc1ccc(C(O)(C(=O)NOC(=O)C(F)(F)F)C(F)(F)F)cc1-c1cnc(N)c(-c2ccc(C(C)(C)O)cc2)n1. The lowest BCUT2D eigenvalue weighted by Gasteiger charge is -2.29. The normalized spacial score (nSPS) is 13.9. The number of benzene rings is 2. The number of hydrogen-bond acceptors (Lipinski definition) is 8. The van der Waals surface area contributed by atoms with E-state index in [4.69, 9.17) is 5.73 Å². The summed E-state index contributed by atoms with van der Waals surface area (Å²) in [4.78, 5) is 34.9. The largest absolute Gasteiger partial charge is 0.493 e. The summed E-state index contributed by atoms with van der Waals surface area (Å²) in [6.07, 6.45) is -10.3. The Kier molecular flexibility index (Phi) is 7.87. The van der Waals surface area contributed by atoms with Crippen LogP contribution in [0, 0.1) is 6.92 Å². The Morgan fingerprint density at radius 1 is 0.950 bits per heavy atom. The van der Waals surface area contributed by atoms with Gasteiger partial charge in [-0.1, -0.05) is 36.4 Å². The number of carbonyl (C=O) groups is 2. The molecule has 0 aliphatic rings. The van der Waals surface area contributed by atoms with E-state index in [2.05, 4.69) is 14.8 Å². The lowest BCUT2D eigenvalue weighted by atomic mass is 9.89. The predicted molar refractivity (Wildman–Crippen MR) is 128 cm³/mol. The van der Waals surface area contributed by atoms with Gasteiger partial charge < -0.3 is 20.8 Å². The molecule has 1 atom stereocenters. The molecule has 15 heteroatoms. The monoisotopic (exact) mass is 572 g/mol. The Morgan fingerprint density at radius 3 is 2.05 bits per heavy atom. The van der Waals surface area contributed by atoms with Gasteiger partial charge in [0, 0.05) is 16.7 Å². The molecular weight excluding hydrogens is 550 g/mol. The van der Waals surface area contributed by atoms with E-state index in [1.165, 1.54) is 6.92 Å². The number of anilines is 1. The zero-order valence-corrected chi connectivity index (χ0v) is 21.0. The maximum atomic E-state index is 14.0. The van der Waals surface area contributed by atoms with Crippen molar-refractivity contribution in [1.29, 1.82) is 0 Å². The van der Waals surface area contributed by atoms with Crippen LogP contribution >= 0.6 is 0 Å². The minimum Gasteiger partial charge on any atom is -0.386 e. The summed E-state index contributed by atoms with van der Waals surface area (Å²) in [6.45, 7) is 4.64. The van der Waals surface area contributed by atoms with Crippen LogP contribution in [0.3, 0.4) is 0 Å². The van der Waals surface area contributed by atoms with Gasteiger partial charge in [-0.15, -0.1) is 0 Å². The van der Waals surface area contributed by atoms with Crippen LogP contribution in [0.1, 0.15) is 30.5 Å². The standard InChI is InChI=1S/C25H22F6N4O5/c1-12-4-7-15(23(39,25(29,30)31)20(36)35-40-21(37)24(26,27)28)10-16(12)17-11-33-19(32)18(34-17)13-5-8-14(9-6-13)22(2,3)38/h4-11,38-39H,1-3H3,(H2,32,33)(H,35,36). The lowest BCUT2D eigenvalue weighted by molar-refractivity contribution is -0.262. The van der Waals surface area contributed by atoms with Crippen LogP contribution in [0.4, 0.5) is 32.2 Å². The van der Waals surface area contributed by atoms with Crippen LogP contribution in [0.25, 0.3) is 22.5 Å². The van der Waals surface area contributed by atoms with Crippen molar-refractivity contribution >= 4 is 17.7 Å². The van der Waals surface area contributed by atoms with E-state index >= 15 is 0 Å². The van der Waals surface area contributed by atoms with Crippen LogP contribution in [-0.2, 0) is 25.6 Å². The number of aliphatic hydroxyl groups is 2. The van der Waals surface area contributed by atoms with Crippen molar-refractivity contribution in [3.63, 3.8) is 0 Å². The Labute approximate surface area is 222 Å². The molecule has 2 aromatic carbocycles. The van der Waals surface area contributed by atoms with Crippen LogP contribution in [0.15, 0.2) is 48.7 Å². The maximum absolute atomic E-state index is 14.0. The molecule has 1 amide bonds. The summed E-state index contributed by atoms with van der Waals surface area (Å²) < 4.78 is 78.9. The van der Waals surface area contributed by atoms with E-state index in [-0.39, 0.29) is 22.8 Å². The topological polar surface area (TPSA) is 148 Å². The van der Waals surface area contributed by atoms with E-state index in [0.717, 1.165) is 29.9 Å². The van der Waals surface area contributed by atoms with Crippen molar-refractivity contribution in [1.82, 2.24) is 15.4 Å². The summed E-state index contributed by atoms with van der Waals surface area (Å²) in [5.74, 6) is -5.54. The number of aryl methyl sites for hydroxylation is 1. The van der Waals surface area contributed by atoms with Crippen molar-refractivity contribution in [3.8, 4) is 22.5 Å². The molecule has 3 aromatic rings. The smallest absolute Gasteiger partial charge is 0.386 e. The summed E-state index contributed by atoms with van der Waals surface area (Å²) in [5, 5.41) is 20.6. The van der Waals surface area contributed by atoms with Gasteiger partial charge in [0.25, 0.3) is 11.5 Å². The third-order valence-corrected chi connectivity index (χ3v) is 5.80. The number of amides is 1. The molecule has 214 valence electrons. The highest BCUT2D eigenvalue weighted by Gasteiger charge is 2.61. The molecule has 0 saturated heterocycles. The van der Waals surface area contributed by atoms with Gasteiger partial charge in [0.05, 0.1) is 17.5 Å². The third-order valence-electron chi connectivity index (χ3n) is 5.80. The second-order valence-corrected chi connectivity index (χ2v) is 9.18. The number of rotatable bonds is 5. The van der Waals surface area contributed by atoms with Crippen molar-refractivity contribution in [3.05, 3.63) is 65.4 Å². The molecule has 1 unspecified atom stereocenters. The second-order valence-electron chi connectivity index (χ2n) is 9.18. The summed E-state index contributed by atoms with van der Waals surface area (Å²) in [6, 6.07) is 8.98. The van der Waals surface area contributed by atoms with E-state index in [1.54, 1.807) is 38.1 Å². The molecule has 0 fully saturated rings. The highest BCUT2D eigenvalue weighted by molar-refractivity contribution is 5.88. The number of hydroxylamine groups is 1. The van der Waals surface area contributed by atoms with Gasteiger partial charge in [-0.3, -0.25) is 4.79 Å². The van der Waals surface area contributed by atoms with Crippen molar-refractivity contribution in [2.24, 2.45) is 0 Å². The second kappa shape index (κ2) is 10.4. The zero-order valence-electron chi connectivity index (χ0n) is 21.0. The Balaban J connectivity index is 2.07. The van der Waals surface area contributed by atoms with Crippen LogP contribution < -0.4 is 11.2 Å². The Morgan fingerprint density at radius 2 is 1.52 bits per heavy atom. The van der Waals surface area contributed by atoms with E-state index in [9.17, 15) is 46.1 Å². The van der Waals surface area contributed by atoms with Crippen molar-refractivity contribution < 1.29 is 51.0 Å². The van der Waals surface area contributed by atoms with E-state index in [0.29, 0.717) is 16.7 Å². The molecule has 0 radical (unpaired) electrons. The number of nitrogens with one attached hydrogen (secondary N) is 1. The number of alkyl halides is 6. The highest BCUT2D eigenvalue weighted by Crippen LogP contribution is 2.41. The van der Waals surface area contributed by atoms with Gasteiger partial charge in [-0.25, -0.2) is 14.8 Å². The fourth-order valence-corrected chi connectivity index (χ4v) is 3.55. The minimum absolute atomic E-state index is 0.0245. The first-order valence-corrected chi connectivity index (χ1v) is 11.2. The average molecular weight is 572 g/mol. The molecule has 3 rings (SSSR count). The molecule has 0 aliphatic heterocycles. The molecule has 0 saturated carbocycles. The predicted octanol–water partition coefficient (Wildman–Crippen LogP) is 3.82.